The summed E-state index contributed by atoms with van der Waals surface area (Å²) in [5, 5.41) is 8.12. The number of aromatic nitrogens is 2. The van der Waals surface area contributed by atoms with Gasteiger partial charge in [-0.3, -0.25) is 4.68 Å². The Kier molecular flexibility index (Phi) is 4.10. The summed E-state index contributed by atoms with van der Waals surface area (Å²) in [7, 11) is 2.06. The van der Waals surface area contributed by atoms with Crippen molar-refractivity contribution in [2.75, 3.05) is 6.54 Å². The van der Waals surface area contributed by atoms with E-state index in [9.17, 15) is 0 Å². The maximum absolute atomic E-state index is 4.45. The molecule has 0 radical (unpaired) electrons. The van der Waals surface area contributed by atoms with Crippen molar-refractivity contribution in [1.82, 2.24) is 15.1 Å². The monoisotopic (exact) mass is 249 g/mol. The van der Waals surface area contributed by atoms with Crippen LogP contribution in [0.4, 0.5) is 0 Å². The van der Waals surface area contributed by atoms with Crippen LogP contribution >= 0.6 is 0 Å². The van der Waals surface area contributed by atoms with Crippen LogP contribution in [-0.2, 0) is 13.5 Å². The van der Waals surface area contributed by atoms with Gasteiger partial charge >= 0.3 is 0 Å². The standard InChI is InChI=1S/C15H27N3/c1-5-8-16-13-6-7-15(3,10-13)11-14-9-12(2)17-18(14)4/h9,13,16H,5-8,10-11H2,1-4H3. The van der Waals surface area contributed by atoms with Gasteiger partial charge in [-0.05, 0) is 57.1 Å². The van der Waals surface area contributed by atoms with Crippen LogP contribution < -0.4 is 5.32 Å². The molecule has 1 heterocycles. The van der Waals surface area contributed by atoms with E-state index in [1.807, 2.05) is 4.68 Å². The van der Waals surface area contributed by atoms with E-state index in [0.29, 0.717) is 5.41 Å². The van der Waals surface area contributed by atoms with Crippen LogP contribution in [-0.4, -0.2) is 22.4 Å². The SMILES string of the molecule is CCCNC1CCC(C)(Cc2cc(C)nn2C)C1. The molecule has 2 rings (SSSR count). The van der Waals surface area contributed by atoms with Crippen molar-refractivity contribution >= 4 is 0 Å². The molecule has 2 unspecified atom stereocenters. The molecule has 1 aromatic heterocycles. The molecule has 1 N–H and O–H groups in total. The second-order valence-corrected chi connectivity index (χ2v) is 6.28. The van der Waals surface area contributed by atoms with E-state index in [2.05, 4.69) is 44.3 Å². The van der Waals surface area contributed by atoms with Gasteiger partial charge in [-0.25, -0.2) is 0 Å². The Labute approximate surface area is 111 Å². The molecule has 102 valence electrons. The van der Waals surface area contributed by atoms with Crippen molar-refractivity contribution in [1.29, 1.82) is 0 Å². The van der Waals surface area contributed by atoms with Gasteiger partial charge in [0.05, 0.1) is 5.69 Å². The highest BCUT2D eigenvalue weighted by Gasteiger charge is 2.35. The number of hydrogen-bond acceptors (Lipinski definition) is 2. The summed E-state index contributed by atoms with van der Waals surface area (Å²) in [5.74, 6) is 0. The lowest BCUT2D eigenvalue weighted by Crippen LogP contribution is -2.29. The first kappa shape index (κ1) is 13.6. The summed E-state index contributed by atoms with van der Waals surface area (Å²) < 4.78 is 2.05. The minimum atomic E-state index is 0.450. The maximum atomic E-state index is 4.45. The van der Waals surface area contributed by atoms with E-state index in [1.165, 1.54) is 31.4 Å². The van der Waals surface area contributed by atoms with Gasteiger partial charge in [-0.15, -0.1) is 0 Å². The highest BCUT2D eigenvalue weighted by molar-refractivity contribution is 5.11. The summed E-state index contributed by atoms with van der Waals surface area (Å²) >= 11 is 0. The van der Waals surface area contributed by atoms with Gasteiger partial charge in [0.15, 0.2) is 0 Å². The Balaban J connectivity index is 1.95. The van der Waals surface area contributed by atoms with Crippen LogP contribution in [0.2, 0.25) is 0 Å². The zero-order valence-corrected chi connectivity index (χ0v) is 12.3. The first-order valence-corrected chi connectivity index (χ1v) is 7.25. The molecule has 18 heavy (non-hydrogen) atoms. The molecule has 0 spiro atoms. The van der Waals surface area contributed by atoms with Crippen molar-refractivity contribution in [3.05, 3.63) is 17.5 Å². The van der Waals surface area contributed by atoms with E-state index in [0.717, 1.165) is 24.7 Å². The number of nitrogens with zero attached hydrogens (tertiary/aromatic N) is 2. The van der Waals surface area contributed by atoms with Crippen molar-refractivity contribution < 1.29 is 0 Å². The van der Waals surface area contributed by atoms with Gasteiger partial charge < -0.3 is 5.32 Å². The molecule has 1 aliphatic carbocycles. The van der Waals surface area contributed by atoms with Crippen molar-refractivity contribution in [2.45, 2.75) is 58.9 Å². The fourth-order valence-electron chi connectivity index (χ4n) is 3.27. The van der Waals surface area contributed by atoms with E-state index in [-0.39, 0.29) is 0 Å². The Morgan fingerprint density at radius 1 is 1.56 bits per heavy atom. The molecule has 0 saturated heterocycles. The van der Waals surface area contributed by atoms with Gasteiger partial charge in [0, 0.05) is 18.8 Å². The third-order valence-corrected chi connectivity index (χ3v) is 4.23. The van der Waals surface area contributed by atoms with Crippen molar-refractivity contribution in [2.24, 2.45) is 12.5 Å². The summed E-state index contributed by atoms with van der Waals surface area (Å²) in [5.41, 5.74) is 2.96. The summed E-state index contributed by atoms with van der Waals surface area (Å²) in [6, 6.07) is 2.96. The van der Waals surface area contributed by atoms with Gasteiger partial charge in [0.2, 0.25) is 0 Å². The summed E-state index contributed by atoms with van der Waals surface area (Å²) in [6.07, 6.45) is 6.35. The van der Waals surface area contributed by atoms with Gasteiger partial charge in [0.25, 0.3) is 0 Å². The van der Waals surface area contributed by atoms with Crippen LogP contribution in [0.3, 0.4) is 0 Å². The van der Waals surface area contributed by atoms with Gasteiger partial charge in [-0.1, -0.05) is 13.8 Å². The highest BCUT2D eigenvalue weighted by atomic mass is 15.3. The topological polar surface area (TPSA) is 29.9 Å². The van der Waals surface area contributed by atoms with E-state index in [1.54, 1.807) is 0 Å². The minimum absolute atomic E-state index is 0.450. The van der Waals surface area contributed by atoms with Gasteiger partial charge in [0.1, 0.15) is 0 Å². The van der Waals surface area contributed by atoms with Crippen LogP contribution in [0.5, 0.6) is 0 Å². The Bertz CT molecular complexity index is 396. The number of nitrogens with one attached hydrogen (secondary N) is 1. The quantitative estimate of drug-likeness (QED) is 0.869. The molecule has 1 saturated carbocycles. The molecule has 0 aliphatic heterocycles. The highest BCUT2D eigenvalue weighted by Crippen LogP contribution is 2.40. The van der Waals surface area contributed by atoms with Gasteiger partial charge in [-0.2, -0.15) is 5.10 Å². The average Bonchev–Trinajstić information content (AvgIpc) is 2.81. The van der Waals surface area contributed by atoms with Crippen LogP contribution in [0.15, 0.2) is 6.07 Å². The average molecular weight is 249 g/mol. The third kappa shape index (κ3) is 3.14. The van der Waals surface area contributed by atoms with Crippen LogP contribution in [0.1, 0.15) is 50.9 Å². The first-order valence-electron chi connectivity index (χ1n) is 7.25. The molecule has 1 fully saturated rings. The Hall–Kier alpha value is -0.830. The summed E-state index contributed by atoms with van der Waals surface area (Å²) in [4.78, 5) is 0. The second kappa shape index (κ2) is 5.43. The molecule has 0 amide bonds. The second-order valence-electron chi connectivity index (χ2n) is 6.28. The lowest BCUT2D eigenvalue weighted by Gasteiger charge is -2.24. The smallest absolute Gasteiger partial charge is 0.0596 e. The molecule has 1 aliphatic rings. The van der Waals surface area contributed by atoms with E-state index in [4.69, 9.17) is 0 Å². The molecule has 3 heteroatoms. The van der Waals surface area contributed by atoms with E-state index < -0.39 is 0 Å². The lowest BCUT2D eigenvalue weighted by atomic mass is 9.83. The predicted molar refractivity (Wildman–Crippen MR) is 75.7 cm³/mol. The largest absolute Gasteiger partial charge is 0.314 e. The Morgan fingerprint density at radius 3 is 2.94 bits per heavy atom. The zero-order valence-electron chi connectivity index (χ0n) is 12.3. The first-order chi connectivity index (χ1) is 8.52. The molecule has 0 bridgehead atoms. The molecule has 2 atom stereocenters. The molecular formula is C15H27N3. The lowest BCUT2D eigenvalue weighted by molar-refractivity contribution is 0.314. The van der Waals surface area contributed by atoms with Crippen molar-refractivity contribution in [3.63, 3.8) is 0 Å². The molecular weight excluding hydrogens is 222 g/mol. The van der Waals surface area contributed by atoms with Crippen LogP contribution in [0.25, 0.3) is 0 Å². The van der Waals surface area contributed by atoms with Crippen LogP contribution in [0, 0.1) is 12.3 Å². The molecule has 0 aromatic carbocycles. The minimum Gasteiger partial charge on any atom is -0.314 e. The predicted octanol–water partition coefficient (Wildman–Crippen LogP) is 2.83. The fraction of sp³-hybridized carbons (Fsp3) is 0.800. The zero-order chi connectivity index (χ0) is 13.2. The normalized spacial score (nSPS) is 27.9. The van der Waals surface area contributed by atoms with E-state index >= 15 is 0 Å². The molecule has 1 aromatic rings. The number of rotatable bonds is 5. The molecule has 3 nitrogen and oxygen atoms in total. The summed E-state index contributed by atoms with van der Waals surface area (Å²) in [6.45, 7) is 7.90. The Morgan fingerprint density at radius 2 is 2.33 bits per heavy atom. The third-order valence-electron chi connectivity index (χ3n) is 4.23. The maximum Gasteiger partial charge on any atom is 0.0596 e. The number of aryl methyl sites for hydroxylation is 2. The van der Waals surface area contributed by atoms with Crippen molar-refractivity contribution in [3.8, 4) is 0 Å². The number of hydrogen-bond donors (Lipinski definition) is 1. The fourth-order valence-corrected chi connectivity index (χ4v) is 3.27.